The first-order valence-electron chi connectivity index (χ1n) is 8.47. The smallest absolute Gasteiger partial charge is 0.406 e. The summed E-state index contributed by atoms with van der Waals surface area (Å²) in [5, 5.41) is 0. The van der Waals surface area contributed by atoms with Crippen molar-refractivity contribution in [1.29, 1.82) is 0 Å². The molecule has 0 bridgehead atoms. The van der Waals surface area contributed by atoms with Crippen LogP contribution in [-0.4, -0.2) is 40.2 Å². The Bertz CT molecular complexity index is 944. The van der Waals surface area contributed by atoms with Crippen LogP contribution in [0.2, 0.25) is 0 Å². The van der Waals surface area contributed by atoms with E-state index in [9.17, 15) is 18.0 Å². The van der Waals surface area contributed by atoms with Gasteiger partial charge in [0.25, 0.3) is 5.91 Å². The molecule has 0 saturated carbocycles. The first kappa shape index (κ1) is 17.4. The fourth-order valence-electron chi connectivity index (χ4n) is 3.28. The van der Waals surface area contributed by atoms with E-state index in [0.717, 1.165) is 11.0 Å². The summed E-state index contributed by atoms with van der Waals surface area (Å²) in [6, 6.07) is 13.5. The zero-order valence-corrected chi connectivity index (χ0v) is 14.2. The Morgan fingerprint density at radius 3 is 2.59 bits per heavy atom. The Morgan fingerprint density at radius 2 is 1.85 bits per heavy atom. The van der Waals surface area contributed by atoms with Crippen molar-refractivity contribution in [3.63, 3.8) is 0 Å². The van der Waals surface area contributed by atoms with Gasteiger partial charge in [-0.05, 0) is 36.1 Å². The van der Waals surface area contributed by atoms with E-state index in [-0.39, 0.29) is 23.4 Å². The van der Waals surface area contributed by atoms with Crippen molar-refractivity contribution in [3.05, 3.63) is 59.9 Å². The van der Waals surface area contributed by atoms with Gasteiger partial charge in [0.15, 0.2) is 5.82 Å². The number of fused-ring (bicyclic) bond motifs is 1. The normalized spacial score (nSPS) is 15.0. The number of aromatic nitrogens is 2. The first-order valence-corrected chi connectivity index (χ1v) is 8.47. The van der Waals surface area contributed by atoms with Crippen LogP contribution in [0.4, 0.5) is 13.2 Å². The summed E-state index contributed by atoms with van der Waals surface area (Å²) < 4.78 is 41.6. The van der Waals surface area contributed by atoms with Crippen LogP contribution < -0.4 is 4.74 Å². The van der Waals surface area contributed by atoms with Gasteiger partial charge in [-0.3, -0.25) is 4.79 Å². The molecule has 2 heterocycles. The number of alkyl halides is 3. The summed E-state index contributed by atoms with van der Waals surface area (Å²) in [6.07, 6.45) is -4.31. The number of benzene rings is 2. The molecular weight excluding hydrogens is 359 g/mol. The molecule has 5 nitrogen and oxygen atoms in total. The summed E-state index contributed by atoms with van der Waals surface area (Å²) >= 11 is 0. The van der Waals surface area contributed by atoms with Crippen LogP contribution in [0.1, 0.15) is 16.2 Å². The van der Waals surface area contributed by atoms with Crippen molar-refractivity contribution in [1.82, 2.24) is 14.9 Å². The number of carbonyl (C=O) groups is 1. The summed E-state index contributed by atoms with van der Waals surface area (Å²) in [7, 11) is 0. The zero-order valence-electron chi connectivity index (χ0n) is 14.2. The van der Waals surface area contributed by atoms with Gasteiger partial charge < -0.3 is 14.6 Å². The van der Waals surface area contributed by atoms with Crippen LogP contribution in [0, 0.1) is 5.92 Å². The maximum atomic E-state index is 12.5. The third-order valence-electron chi connectivity index (χ3n) is 4.54. The van der Waals surface area contributed by atoms with Gasteiger partial charge in [-0.2, -0.15) is 0 Å². The molecule has 0 radical (unpaired) electrons. The molecule has 0 atom stereocenters. The van der Waals surface area contributed by atoms with Crippen molar-refractivity contribution in [2.24, 2.45) is 5.92 Å². The number of aromatic amines is 1. The average molecular weight is 375 g/mol. The van der Waals surface area contributed by atoms with Crippen LogP contribution in [0.3, 0.4) is 0 Å². The number of likely N-dealkylation sites (tertiary alicyclic amines) is 1. The summed E-state index contributed by atoms with van der Waals surface area (Å²) in [5.74, 6) is -0.0406. The molecule has 3 aromatic rings. The van der Waals surface area contributed by atoms with Gasteiger partial charge in [0.2, 0.25) is 0 Å². The minimum atomic E-state index is -4.72. The number of hydrogen-bond acceptors (Lipinski definition) is 3. The molecule has 1 N–H and O–H groups in total. The van der Waals surface area contributed by atoms with E-state index in [2.05, 4.69) is 14.7 Å². The highest BCUT2D eigenvalue weighted by Gasteiger charge is 2.35. The molecule has 1 saturated heterocycles. The van der Waals surface area contributed by atoms with Gasteiger partial charge in [0.1, 0.15) is 5.75 Å². The number of imidazole rings is 1. The Labute approximate surface area is 152 Å². The molecule has 1 aromatic heterocycles. The van der Waals surface area contributed by atoms with Crippen LogP contribution in [0.25, 0.3) is 11.0 Å². The lowest BCUT2D eigenvalue weighted by molar-refractivity contribution is -0.274. The van der Waals surface area contributed by atoms with E-state index in [0.29, 0.717) is 25.1 Å². The van der Waals surface area contributed by atoms with Crippen molar-refractivity contribution in [2.45, 2.75) is 12.8 Å². The SMILES string of the molecule is O=C(c1nc2ccccc2[nH]1)N1CC(Cc2ccccc2OC(F)(F)F)C1. The summed E-state index contributed by atoms with van der Waals surface area (Å²) in [4.78, 5) is 21.4. The minimum Gasteiger partial charge on any atom is -0.406 e. The topological polar surface area (TPSA) is 58.2 Å². The van der Waals surface area contributed by atoms with E-state index in [4.69, 9.17) is 0 Å². The highest BCUT2D eigenvalue weighted by molar-refractivity contribution is 5.94. The fraction of sp³-hybridized carbons (Fsp3) is 0.263. The maximum absolute atomic E-state index is 12.5. The third kappa shape index (κ3) is 3.74. The number of para-hydroxylation sites is 3. The largest absolute Gasteiger partial charge is 0.573 e. The van der Waals surface area contributed by atoms with Gasteiger partial charge in [0.05, 0.1) is 11.0 Å². The molecule has 0 unspecified atom stereocenters. The van der Waals surface area contributed by atoms with E-state index in [1.54, 1.807) is 17.0 Å². The molecule has 8 heteroatoms. The molecule has 1 aliphatic rings. The van der Waals surface area contributed by atoms with Crippen molar-refractivity contribution in [2.75, 3.05) is 13.1 Å². The van der Waals surface area contributed by atoms with Crippen molar-refractivity contribution >= 4 is 16.9 Å². The van der Waals surface area contributed by atoms with Crippen LogP contribution in [0.5, 0.6) is 5.75 Å². The number of amides is 1. The second-order valence-electron chi connectivity index (χ2n) is 6.54. The van der Waals surface area contributed by atoms with E-state index in [1.165, 1.54) is 12.1 Å². The summed E-state index contributed by atoms with van der Waals surface area (Å²) in [5.41, 5.74) is 1.99. The average Bonchev–Trinajstić information content (AvgIpc) is 3.01. The molecular formula is C19H16F3N3O2. The van der Waals surface area contributed by atoms with E-state index in [1.807, 2.05) is 24.3 Å². The van der Waals surface area contributed by atoms with E-state index < -0.39 is 6.36 Å². The first-order chi connectivity index (χ1) is 12.9. The number of H-pyrrole nitrogens is 1. The Morgan fingerprint density at radius 1 is 1.15 bits per heavy atom. The number of halogens is 3. The molecule has 27 heavy (non-hydrogen) atoms. The lowest BCUT2D eigenvalue weighted by atomic mass is 9.91. The molecule has 2 aromatic carbocycles. The molecule has 0 spiro atoms. The van der Waals surface area contributed by atoms with Crippen molar-refractivity contribution < 1.29 is 22.7 Å². The molecule has 1 amide bonds. The van der Waals surface area contributed by atoms with Crippen LogP contribution in [0.15, 0.2) is 48.5 Å². The highest BCUT2D eigenvalue weighted by atomic mass is 19.4. The van der Waals surface area contributed by atoms with E-state index >= 15 is 0 Å². The fourth-order valence-corrected chi connectivity index (χ4v) is 3.28. The van der Waals surface area contributed by atoms with Gasteiger partial charge in [-0.1, -0.05) is 30.3 Å². The molecule has 4 rings (SSSR count). The second kappa shape index (κ2) is 6.61. The van der Waals surface area contributed by atoms with Crippen LogP contribution >= 0.6 is 0 Å². The number of hydrogen-bond donors (Lipinski definition) is 1. The van der Waals surface area contributed by atoms with Gasteiger partial charge >= 0.3 is 6.36 Å². The molecule has 1 aliphatic heterocycles. The standard InChI is InChI=1S/C19H16F3N3O2/c20-19(21,22)27-16-8-4-1-5-13(16)9-12-10-25(11-12)18(26)17-23-14-6-2-3-7-15(14)24-17/h1-8,12H,9-11H2,(H,23,24). The lowest BCUT2D eigenvalue weighted by Gasteiger charge is -2.39. The maximum Gasteiger partial charge on any atom is 0.573 e. The Kier molecular flexibility index (Phi) is 4.25. The number of nitrogens with zero attached hydrogens (tertiary/aromatic N) is 2. The number of carbonyl (C=O) groups excluding carboxylic acids is 1. The van der Waals surface area contributed by atoms with Gasteiger partial charge in [0, 0.05) is 13.1 Å². The predicted octanol–water partition coefficient (Wildman–Crippen LogP) is 3.78. The van der Waals surface area contributed by atoms with Crippen LogP contribution in [-0.2, 0) is 6.42 Å². The Balaban J connectivity index is 1.39. The minimum absolute atomic E-state index is 0.0799. The van der Waals surface area contributed by atoms with Gasteiger partial charge in [-0.15, -0.1) is 13.2 Å². The molecule has 0 aliphatic carbocycles. The number of rotatable bonds is 4. The lowest BCUT2D eigenvalue weighted by Crippen LogP contribution is -2.51. The quantitative estimate of drug-likeness (QED) is 0.755. The monoisotopic (exact) mass is 375 g/mol. The Hall–Kier alpha value is -3.03. The second-order valence-corrected chi connectivity index (χ2v) is 6.54. The van der Waals surface area contributed by atoms with Gasteiger partial charge in [-0.25, -0.2) is 4.98 Å². The third-order valence-corrected chi connectivity index (χ3v) is 4.54. The zero-order chi connectivity index (χ0) is 19.0. The number of nitrogens with one attached hydrogen (secondary N) is 1. The van der Waals surface area contributed by atoms with Crippen molar-refractivity contribution in [3.8, 4) is 5.75 Å². The summed E-state index contributed by atoms with van der Waals surface area (Å²) in [6.45, 7) is 0.937. The number of ether oxygens (including phenoxy) is 1. The predicted molar refractivity (Wildman–Crippen MR) is 92.3 cm³/mol. The molecule has 1 fully saturated rings. The highest BCUT2D eigenvalue weighted by Crippen LogP contribution is 2.30. The molecule has 140 valence electrons.